The molecule has 6 heteroatoms. The summed E-state index contributed by atoms with van der Waals surface area (Å²) >= 11 is 0. The van der Waals surface area contributed by atoms with Crippen LogP contribution in [0.1, 0.15) is 73.1 Å². The number of carbonyl (C=O) groups excluding carboxylic acids is 2. The molecule has 0 spiro atoms. The van der Waals surface area contributed by atoms with E-state index < -0.39 is 0 Å². The van der Waals surface area contributed by atoms with Gasteiger partial charge in [0, 0.05) is 38.2 Å². The maximum Gasteiger partial charge on any atom is 0.253 e. The molecule has 6 nitrogen and oxygen atoms in total. The number of rotatable bonds is 4. The zero-order chi connectivity index (χ0) is 21.8. The minimum atomic E-state index is 0.0124. The summed E-state index contributed by atoms with van der Waals surface area (Å²) in [6, 6.07) is 5.56. The van der Waals surface area contributed by atoms with Crippen LogP contribution in [0.4, 0.5) is 0 Å². The van der Waals surface area contributed by atoms with Crippen molar-refractivity contribution in [1.82, 2.24) is 19.8 Å². The Labute approximate surface area is 185 Å². The van der Waals surface area contributed by atoms with Crippen LogP contribution in [0.25, 0.3) is 11.0 Å². The van der Waals surface area contributed by atoms with Crippen LogP contribution < -0.4 is 0 Å². The first-order valence-electron chi connectivity index (χ1n) is 11.8. The van der Waals surface area contributed by atoms with Crippen LogP contribution >= 0.6 is 0 Å². The topological polar surface area (TPSA) is 66.4 Å². The van der Waals surface area contributed by atoms with E-state index in [1.165, 1.54) is 32.1 Å². The molecule has 1 saturated heterocycles. The summed E-state index contributed by atoms with van der Waals surface area (Å²) in [5.41, 5.74) is 4.00. The Kier molecular flexibility index (Phi) is 6.83. The van der Waals surface area contributed by atoms with E-state index >= 15 is 0 Å². The van der Waals surface area contributed by atoms with Crippen molar-refractivity contribution in [2.75, 3.05) is 26.2 Å². The highest BCUT2D eigenvalue weighted by Gasteiger charge is 2.24. The molecule has 2 amide bonds. The molecule has 2 heterocycles. The van der Waals surface area contributed by atoms with E-state index in [2.05, 4.69) is 9.97 Å². The first-order valence-corrected chi connectivity index (χ1v) is 11.8. The SMILES string of the molecule is Cc1nc2ccc(C(=O)N3CCCN(C(=O)CCC4CCCCC4)CC3)cc2nc1C. The Morgan fingerprint density at radius 3 is 2.32 bits per heavy atom. The van der Waals surface area contributed by atoms with E-state index in [-0.39, 0.29) is 11.8 Å². The first-order chi connectivity index (χ1) is 15.0. The maximum absolute atomic E-state index is 13.1. The van der Waals surface area contributed by atoms with Crippen LogP contribution in [0.2, 0.25) is 0 Å². The number of carbonyl (C=O) groups is 2. The first kappa shape index (κ1) is 21.7. The number of benzene rings is 1. The van der Waals surface area contributed by atoms with Gasteiger partial charge < -0.3 is 9.80 Å². The van der Waals surface area contributed by atoms with Crippen molar-refractivity contribution in [1.29, 1.82) is 0 Å². The van der Waals surface area contributed by atoms with Gasteiger partial charge in [-0.25, -0.2) is 9.97 Å². The highest BCUT2D eigenvalue weighted by Crippen LogP contribution is 2.27. The van der Waals surface area contributed by atoms with Gasteiger partial charge in [0.15, 0.2) is 0 Å². The Morgan fingerprint density at radius 2 is 1.55 bits per heavy atom. The fourth-order valence-electron chi connectivity index (χ4n) is 4.88. The third-order valence-corrected chi connectivity index (χ3v) is 6.95. The Morgan fingerprint density at radius 1 is 0.871 bits per heavy atom. The molecule has 0 bridgehead atoms. The fourth-order valence-corrected chi connectivity index (χ4v) is 4.88. The lowest BCUT2D eigenvalue weighted by molar-refractivity contribution is -0.131. The lowest BCUT2D eigenvalue weighted by atomic mass is 9.86. The van der Waals surface area contributed by atoms with Crippen molar-refractivity contribution < 1.29 is 9.59 Å². The highest BCUT2D eigenvalue weighted by molar-refractivity contribution is 5.97. The van der Waals surface area contributed by atoms with Crippen LogP contribution in [0.15, 0.2) is 18.2 Å². The minimum Gasteiger partial charge on any atom is -0.341 e. The number of aromatic nitrogens is 2. The molecule has 2 aromatic rings. The molecule has 2 fully saturated rings. The second-order valence-corrected chi connectivity index (χ2v) is 9.17. The van der Waals surface area contributed by atoms with Gasteiger partial charge in [0.2, 0.25) is 5.91 Å². The predicted molar refractivity (Wildman–Crippen MR) is 122 cm³/mol. The smallest absolute Gasteiger partial charge is 0.253 e. The lowest BCUT2D eigenvalue weighted by Crippen LogP contribution is -2.37. The summed E-state index contributed by atoms with van der Waals surface area (Å²) in [7, 11) is 0. The normalized spacial score (nSPS) is 18.3. The van der Waals surface area contributed by atoms with Crippen molar-refractivity contribution >= 4 is 22.8 Å². The van der Waals surface area contributed by atoms with Crippen molar-refractivity contribution in [2.45, 2.75) is 65.2 Å². The van der Waals surface area contributed by atoms with Gasteiger partial charge in [-0.15, -0.1) is 0 Å². The van der Waals surface area contributed by atoms with E-state index in [0.717, 1.165) is 47.7 Å². The minimum absolute atomic E-state index is 0.0124. The average molecular weight is 423 g/mol. The number of hydrogen-bond donors (Lipinski definition) is 0. The molecule has 31 heavy (non-hydrogen) atoms. The number of nitrogens with zero attached hydrogens (tertiary/aromatic N) is 4. The van der Waals surface area contributed by atoms with Crippen LogP contribution in [-0.2, 0) is 4.79 Å². The zero-order valence-corrected chi connectivity index (χ0v) is 18.9. The summed E-state index contributed by atoms with van der Waals surface area (Å²) < 4.78 is 0. The fraction of sp³-hybridized carbons (Fsp3) is 0.600. The van der Waals surface area contributed by atoms with Crippen LogP contribution in [0.3, 0.4) is 0 Å². The molecule has 0 unspecified atom stereocenters. The summed E-state index contributed by atoms with van der Waals surface area (Å²) in [5.74, 6) is 0.997. The number of fused-ring (bicyclic) bond motifs is 1. The van der Waals surface area contributed by atoms with Crippen LogP contribution in [0, 0.1) is 19.8 Å². The van der Waals surface area contributed by atoms with E-state index in [9.17, 15) is 9.59 Å². The predicted octanol–water partition coefficient (Wildman–Crippen LogP) is 4.28. The van der Waals surface area contributed by atoms with Gasteiger partial charge in [0.25, 0.3) is 5.91 Å². The highest BCUT2D eigenvalue weighted by atomic mass is 16.2. The van der Waals surface area contributed by atoms with E-state index in [4.69, 9.17) is 0 Å². The van der Waals surface area contributed by atoms with Gasteiger partial charge in [0.1, 0.15) is 0 Å². The zero-order valence-electron chi connectivity index (χ0n) is 18.9. The largest absolute Gasteiger partial charge is 0.341 e. The molecule has 1 aromatic heterocycles. The van der Waals surface area contributed by atoms with Gasteiger partial charge in [-0.2, -0.15) is 0 Å². The van der Waals surface area contributed by atoms with E-state index in [0.29, 0.717) is 31.6 Å². The molecule has 4 rings (SSSR count). The van der Waals surface area contributed by atoms with Crippen LogP contribution in [-0.4, -0.2) is 57.8 Å². The van der Waals surface area contributed by atoms with E-state index in [1.807, 2.05) is 41.8 Å². The van der Waals surface area contributed by atoms with Crippen molar-refractivity contribution in [3.05, 3.63) is 35.2 Å². The molecule has 1 aliphatic carbocycles. The van der Waals surface area contributed by atoms with Crippen molar-refractivity contribution in [3.8, 4) is 0 Å². The molecule has 0 radical (unpaired) electrons. The quantitative estimate of drug-likeness (QED) is 0.738. The van der Waals surface area contributed by atoms with Crippen molar-refractivity contribution in [2.24, 2.45) is 5.92 Å². The van der Waals surface area contributed by atoms with Gasteiger partial charge in [-0.3, -0.25) is 9.59 Å². The summed E-state index contributed by atoms with van der Waals surface area (Å²) in [4.78, 5) is 38.9. The molecule has 0 N–H and O–H groups in total. The number of aryl methyl sites for hydroxylation is 2. The summed E-state index contributed by atoms with van der Waals surface area (Å²) in [5, 5.41) is 0. The van der Waals surface area contributed by atoms with Crippen molar-refractivity contribution in [3.63, 3.8) is 0 Å². The Balaban J connectivity index is 1.35. The third kappa shape index (κ3) is 5.23. The molecule has 1 saturated carbocycles. The second-order valence-electron chi connectivity index (χ2n) is 9.17. The van der Waals surface area contributed by atoms with E-state index in [1.54, 1.807) is 0 Å². The number of hydrogen-bond acceptors (Lipinski definition) is 4. The molecular weight excluding hydrogens is 388 g/mol. The van der Waals surface area contributed by atoms with Gasteiger partial charge >= 0.3 is 0 Å². The van der Waals surface area contributed by atoms with Crippen LogP contribution in [0.5, 0.6) is 0 Å². The van der Waals surface area contributed by atoms with Gasteiger partial charge in [-0.1, -0.05) is 32.1 Å². The summed E-state index contributed by atoms with van der Waals surface area (Å²) in [6.45, 7) is 6.52. The molecule has 166 valence electrons. The third-order valence-electron chi connectivity index (χ3n) is 6.95. The maximum atomic E-state index is 13.1. The van der Waals surface area contributed by atoms with Gasteiger partial charge in [-0.05, 0) is 50.8 Å². The molecule has 0 atom stereocenters. The monoisotopic (exact) mass is 422 g/mol. The Bertz CT molecular complexity index is 952. The molecule has 1 aromatic carbocycles. The average Bonchev–Trinajstić information content (AvgIpc) is 3.04. The Hall–Kier alpha value is -2.50. The summed E-state index contributed by atoms with van der Waals surface area (Å²) in [6.07, 6.45) is 9.06. The lowest BCUT2D eigenvalue weighted by Gasteiger charge is -2.24. The second kappa shape index (κ2) is 9.75. The molecular formula is C25H34N4O2. The molecule has 1 aliphatic heterocycles. The van der Waals surface area contributed by atoms with Gasteiger partial charge in [0.05, 0.1) is 22.4 Å². The molecule has 2 aliphatic rings. The number of amides is 2. The standard InChI is InChI=1S/C25H34N4O2/c1-18-19(2)27-23-17-21(10-11-22(23)26-18)25(31)29-14-6-13-28(15-16-29)24(30)12-9-20-7-4-3-5-8-20/h10-11,17,20H,3-9,12-16H2,1-2H3.